The van der Waals surface area contributed by atoms with Gasteiger partial charge in [-0.3, -0.25) is 25.0 Å². The normalized spacial score (nSPS) is 35.5. The highest BCUT2D eigenvalue weighted by Crippen LogP contribution is 2.63. The van der Waals surface area contributed by atoms with E-state index in [0.29, 0.717) is 0 Å². The zero-order valence-electron chi connectivity index (χ0n) is 17.6. The minimum absolute atomic E-state index is 0.106. The third-order valence-electron chi connectivity index (χ3n) is 7.55. The van der Waals surface area contributed by atoms with Gasteiger partial charge in [-0.25, -0.2) is 9.59 Å². The topological polar surface area (TPSA) is 128 Å². The average Bonchev–Trinajstić information content (AvgIpc) is 2.93. The van der Waals surface area contributed by atoms with Crippen LogP contribution in [-0.2, 0) is 14.4 Å². The Hall–Kier alpha value is -3.69. The molecule has 166 valence electrons. The summed E-state index contributed by atoms with van der Waals surface area (Å²) in [4.78, 5) is 66.6. The molecule has 10 nitrogen and oxygen atoms in total. The number of nitrogens with zero attached hydrogens (tertiary/aromatic N) is 2. The van der Waals surface area contributed by atoms with Gasteiger partial charge in [-0.1, -0.05) is 30.3 Å². The van der Waals surface area contributed by atoms with Gasteiger partial charge in [-0.05, 0) is 25.5 Å². The number of urea groups is 2. The fraction of sp³-hybridized carbons (Fsp3) is 0.409. The van der Waals surface area contributed by atoms with Crippen LogP contribution in [0.4, 0.5) is 9.59 Å². The summed E-state index contributed by atoms with van der Waals surface area (Å²) in [7, 11) is 0. The predicted octanol–water partition coefficient (Wildman–Crippen LogP) is 0.0652. The molecule has 3 saturated heterocycles. The van der Waals surface area contributed by atoms with Crippen molar-refractivity contribution < 1.29 is 24.0 Å². The number of imide groups is 2. The van der Waals surface area contributed by atoms with Gasteiger partial charge in [0.2, 0.25) is 17.7 Å². The monoisotopic (exact) mass is 437 g/mol. The molecule has 4 aliphatic rings. The van der Waals surface area contributed by atoms with Crippen LogP contribution in [0.5, 0.6) is 0 Å². The molecule has 7 amide bonds. The van der Waals surface area contributed by atoms with Crippen molar-refractivity contribution in [2.45, 2.75) is 32.0 Å². The van der Waals surface area contributed by atoms with E-state index in [-0.39, 0.29) is 19.0 Å². The summed E-state index contributed by atoms with van der Waals surface area (Å²) < 4.78 is 0. The van der Waals surface area contributed by atoms with Crippen molar-refractivity contribution in [2.75, 3.05) is 13.1 Å². The van der Waals surface area contributed by atoms with Crippen LogP contribution in [0.1, 0.15) is 19.4 Å². The van der Waals surface area contributed by atoms with Gasteiger partial charge in [-0.2, -0.15) is 0 Å². The van der Waals surface area contributed by atoms with Crippen LogP contribution in [0.25, 0.3) is 6.08 Å². The maximum absolute atomic E-state index is 12.8. The van der Waals surface area contributed by atoms with Crippen LogP contribution in [-0.4, -0.2) is 70.8 Å². The van der Waals surface area contributed by atoms with E-state index < -0.39 is 52.8 Å². The highest BCUT2D eigenvalue weighted by Gasteiger charge is 2.81. The smallest absolute Gasteiger partial charge is 0.324 e. The quantitative estimate of drug-likeness (QED) is 0.577. The third-order valence-corrected chi connectivity index (χ3v) is 7.55. The predicted molar refractivity (Wildman–Crippen MR) is 112 cm³/mol. The third kappa shape index (κ3) is 2.49. The minimum Gasteiger partial charge on any atom is -0.346 e. The molecule has 0 spiro atoms. The molecule has 1 saturated carbocycles. The highest BCUT2D eigenvalue weighted by atomic mass is 16.2. The summed E-state index contributed by atoms with van der Waals surface area (Å²) in [5.74, 6) is -1.43. The van der Waals surface area contributed by atoms with Gasteiger partial charge < -0.3 is 15.1 Å². The van der Waals surface area contributed by atoms with E-state index in [4.69, 9.17) is 0 Å². The Morgan fingerprint density at radius 2 is 1.44 bits per heavy atom. The molecule has 32 heavy (non-hydrogen) atoms. The number of benzene rings is 1. The fourth-order valence-electron chi connectivity index (χ4n) is 5.71. The molecule has 1 aliphatic carbocycles. The Labute approximate surface area is 184 Å². The molecule has 4 fully saturated rings. The SMILES string of the molecule is CC12C(=O)NC(=O)N3CC(NC(=O)C=Cc4ccccc4)CN4C(=O)NC(=O)C1(C)C4C32. The number of rotatable bonds is 3. The molecule has 4 unspecified atom stereocenters. The molecule has 4 atom stereocenters. The zero-order valence-corrected chi connectivity index (χ0v) is 17.6. The molecule has 1 aromatic rings. The van der Waals surface area contributed by atoms with E-state index in [1.807, 2.05) is 30.3 Å². The second-order valence-corrected chi connectivity index (χ2v) is 9.07. The molecule has 10 heteroatoms. The van der Waals surface area contributed by atoms with Gasteiger partial charge in [0.1, 0.15) is 0 Å². The van der Waals surface area contributed by atoms with E-state index in [2.05, 4.69) is 16.0 Å². The first-order valence-corrected chi connectivity index (χ1v) is 10.5. The minimum atomic E-state index is -1.19. The van der Waals surface area contributed by atoms with Gasteiger partial charge in [0.05, 0.1) is 29.0 Å². The summed E-state index contributed by atoms with van der Waals surface area (Å²) >= 11 is 0. The first-order chi connectivity index (χ1) is 15.2. The van der Waals surface area contributed by atoms with Gasteiger partial charge in [-0.15, -0.1) is 0 Å². The van der Waals surface area contributed by atoms with Crippen molar-refractivity contribution >= 4 is 35.9 Å². The number of fused-ring (bicyclic) bond motifs is 1. The molecule has 5 rings (SSSR count). The van der Waals surface area contributed by atoms with Crippen LogP contribution in [0.15, 0.2) is 36.4 Å². The summed E-state index contributed by atoms with van der Waals surface area (Å²) in [6.45, 7) is 3.51. The number of carbonyl (C=O) groups is 5. The molecule has 0 radical (unpaired) electrons. The van der Waals surface area contributed by atoms with E-state index in [9.17, 15) is 24.0 Å². The second kappa shape index (κ2) is 6.65. The highest BCUT2D eigenvalue weighted by molar-refractivity contribution is 6.11. The second-order valence-electron chi connectivity index (χ2n) is 9.07. The molecule has 3 aliphatic heterocycles. The number of hydrogen-bond donors (Lipinski definition) is 3. The van der Waals surface area contributed by atoms with E-state index in [0.717, 1.165) is 5.56 Å². The van der Waals surface area contributed by atoms with Crippen LogP contribution in [0.2, 0.25) is 0 Å². The van der Waals surface area contributed by atoms with Crippen molar-refractivity contribution in [2.24, 2.45) is 10.8 Å². The van der Waals surface area contributed by atoms with Gasteiger partial charge >= 0.3 is 12.1 Å². The van der Waals surface area contributed by atoms with Crippen molar-refractivity contribution in [1.29, 1.82) is 0 Å². The fourth-order valence-corrected chi connectivity index (χ4v) is 5.71. The maximum Gasteiger partial charge on any atom is 0.324 e. The zero-order chi connectivity index (χ0) is 22.8. The van der Waals surface area contributed by atoms with E-state index in [1.165, 1.54) is 15.9 Å². The average molecular weight is 437 g/mol. The lowest BCUT2D eigenvalue weighted by Crippen LogP contribution is -2.90. The Balaban J connectivity index is 1.45. The Bertz CT molecular complexity index is 1030. The summed E-state index contributed by atoms with van der Waals surface area (Å²) in [5, 5.41) is 7.56. The molecule has 1 aromatic carbocycles. The van der Waals surface area contributed by atoms with Crippen LogP contribution >= 0.6 is 0 Å². The standard InChI is InChI=1S/C22H23N5O5/c1-21-15-16-22(21,2)18(30)25-20(32)27(16)11-13(10-26(15)19(31)24-17(21)29)23-14(28)9-8-12-6-4-3-5-7-12/h3-9,13,15-16H,10-11H2,1-2H3,(H,23,28)(H,24,29,31)(H,25,30,32). The van der Waals surface area contributed by atoms with Crippen LogP contribution < -0.4 is 16.0 Å². The van der Waals surface area contributed by atoms with Gasteiger partial charge in [0.25, 0.3) is 0 Å². The van der Waals surface area contributed by atoms with E-state index >= 15 is 0 Å². The summed E-state index contributed by atoms with van der Waals surface area (Å²) in [6, 6.07) is 6.27. The first-order valence-electron chi connectivity index (χ1n) is 10.5. The Morgan fingerprint density at radius 1 is 0.938 bits per heavy atom. The number of hydrogen-bond acceptors (Lipinski definition) is 5. The number of nitrogens with one attached hydrogen (secondary N) is 3. The Morgan fingerprint density at radius 3 is 1.94 bits per heavy atom. The van der Waals surface area contributed by atoms with Crippen molar-refractivity contribution in [1.82, 2.24) is 25.8 Å². The number of amides is 7. The van der Waals surface area contributed by atoms with Crippen LogP contribution in [0, 0.1) is 10.8 Å². The van der Waals surface area contributed by atoms with Crippen LogP contribution in [0.3, 0.4) is 0 Å². The molecule has 3 N–H and O–H groups in total. The lowest BCUT2D eigenvalue weighted by atomic mass is 9.42. The van der Waals surface area contributed by atoms with Crippen molar-refractivity contribution in [3.63, 3.8) is 0 Å². The maximum atomic E-state index is 12.8. The van der Waals surface area contributed by atoms with Gasteiger partial charge in [0, 0.05) is 19.2 Å². The van der Waals surface area contributed by atoms with Gasteiger partial charge in [0.15, 0.2) is 0 Å². The molecule has 3 heterocycles. The first kappa shape index (κ1) is 20.2. The molecule has 0 bridgehead atoms. The largest absolute Gasteiger partial charge is 0.346 e. The lowest BCUT2D eigenvalue weighted by Gasteiger charge is -2.70. The van der Waals surface area contributed by atoms with E-state index in [1.54, 1.807) is 19.9 Å². The van der Waals surface area contributed by atoms with Crippen molar-refractivity contribution in [3.05, 3.63) is 42.0 Å². The molecule has 0 aromatic heterocycles. The number of carbonyl (C=O) groups excluding carboxylic acids is 5. The molecular weight excluding hydrogens is 414 g/mol. The Kier molecular flexibility index (Phi) is 4.20. The summed E-state index contributed by atoms with van der Waals surface area (Å²) in [6.07, 6.45) is 3.06. The lowest BCUT2D eigenvalue weighted by molar-refractivity contribution is -0.209. The summed E-state index contributed by atoms with van der Waals surface area (Å²) in [5.41, 5.74) is -1.53. The molecular formula is C22H23N5O5. The van der Waals surface area contributed by atoms with Crippen molar-refractivity contribution in [3.8, 4) is 0 Å².